The van der Waals surface area contributed by atoms with E-state index in [9.17, 15) is 14.5 Å². The topological polar surface area (TPSA) is 61.6 Å². The summed E-state index contributed by atoms with van der Waals surface area (Å²) in [5.74, 6) is -0.122. The van der Waals surface area contributed by atoms with E-state index in [4.69, 9.17) is 9.47 Å². The van der Waals surface area contributed by atoms with E-state index in [2.05, 4.69) is 28.6 Å². The summed E-state index contributed by atoms with van der Waals surface area (Å²) in [6.45, 7) is 0.888. The summed E-state index contributed by atoms with van der Waals surface area (Å²) in [7, 11) is 0. The highest BCUT2D eigenvalue weighted by Gasteiger charge is 2.20. The van der Waals surface area contributed by atoms with E-state index in [1.165, 1.54) is 0 Å². The van der Waals surface area contributed by atoms with Crippen molar-refractivity contribution in [1.82, 2.24) is 0 Å². The summed E-state index contributed by atoms with van der Waals surface area (Å²) in [5.41, 5.74) is -0.420. The number of ether oxygens (including phenoxy) is 2. The fourth-order valence-electron chi connectivity index (χ4n) is 1.19. The van der Waals surface area contributed by atoms with Crippen LogP contribution in [0, 0.1) is 15.9 Å². The van der Waals surface area contributed by atoms with Crippen LogP contribution in [0.25, 0.3) is 0 Å². The van der Waals surface area contributed by atoms with E-state index in [0.717, 1.165) is 12.1 Å². The molecule has 0 unspecified atom stereocenters. The van der Waals surface area contributed by atoms with Gasteiger partial charge in [-0.3, -0.25) is 10.1 Å². The monoisotopic (exact) mass is 339 g/mol. The maximum Gasteiger partial charge on any atom is 0.315 e. The Morgan fingerprint density at radius 1 is 1.39 bits per heavy atom. The van der Waals surface area contributed by atoms with Gasteiger partial charge in [0.25, 0.3) is 0 Å². The molecule has 0 amide bonds. The molecule has 8 heteroatoms. The van der Waals surface area contributed by atoms with Crippen LogP contribution in [0.5, 0.6) is 5.75 Å². The van der Waals surface area contributed by atoms with Gasteiger partial charge in [0.15, 0.2) is 0 Å². The second-order valence-electron chi connectivity index (χ2n) is 3.18. The molecule has 0 aliphatic rings. The maximum absolute atomic E-state index is 13.0. The number of hydrogen-bond donors (Lipinski definition) is 1. The molecule has 100 valence electrons. The van der Waals surface area contributed by atoms with Gasteiger partial charge in [-0.15, -0.1) is 0 Å². The minimum absolute atomic E-state index is 0.00382. The van der Waals surface area contributed by atoms with E-state index in [1.54, 1.807) is 0 Å². The van der Waals surface area contributed by atoms with Crippen molar-refractivity contribution in [2.75, 3.05) is 25.6 Å². The Labute approximate surface area is 117 Å². The van der Waals surface area contributed by atoms with Gasteiger partial charge in [0.2, 0.25) is 5.75 Å². The Kier molecular flexibility index (Phi) is 6.37. The van der Waals surface area contributed by atoms with Gasteiger partial charge in [0.05, 0.1) is 28.7 Å². The van der Waals surface area contributed by atoms with Crippen molar-refractivity contribution in [3.8, 4) is 5.75 Å². The summed E-state index contributed by atoms with van der Waals surface area (Å²) >= 11 is 6.99. The van der Waals surface area contributed by atoms with Gasteiger partial charge in [-0.25, -0.2) is 4.39 Å². The largest absolute Gasteiger partial charge is 0.484 e. The molecule has 0 aliphatic heterocycles. The summed E-state index contributed by atoms with van der Waals surface area (Å²) in [5, 5.41) is 10.8. The van der Waals surface area contributed by atoms with Crippen molar-refractivity contribution in [3.63, 3.8) is 0 Å². The number of rotatable bonds is 7. The SMILES string of the molecule is O=[N+]([O-])c1cc(F)cc(Br)c1OCCOCCS. The van der Waals surface area contributed by atoms with Crippen molar-refractivity contribution in [3.05, 3.63) is 32.5 Å². The number of hydrogen-bond acceptors (Lipinski definition) is 5. The summed E-state index contributed by atoms with van der Waals surface area (Å²) in [4.78, 5) is 10.1. The first kappa shape index (κ1) is 15.2. The Bertz CT molecular complexity index is 433. The average Bonchev–Trinajstić information content (AvgIpc) is 2.30. The van der Waals surface area contributed by atoms with Crippen molar-refractivity contribution in [2.45, 2.75) is 0 Å². The van der Waals surface area contributed by atoms with Gasteiger partial charge in [-0.05, 0) is 22.0 Å². The molecule has 1 aromatic rings. The summed E-state index contributed by atoms with van der Waals surface area (Å²) < 4.78 is 23.6. The number of nitrogens with zero attached hydrogens (tertiary/aromatic N) is 1. The second kappa shape index (κ2) is 7.55. The van der Waals surface area contributed by atoms with Gasteiger partial charge in [0, 0.05) is 5.75 Å². The molecule has 1 rings (SSSR count). The van der Waals surface area contributed by atoms with Gasteiger partial charge >= 0.3 is 5.69 Å². The fourth-order valence-corrected chi connectivity index (χ4v) is 1.86. The van der Waals surface area contributed by atoms with Crippen molar-refractivity contribution in [2.24, 2.45) is 0 Å². The number of thiol groups is 1. The van der Waals surface area contributed by atoms with Gasteiger partial charge in [-0.2, -0.15) is 12.6 Å². The molecule has 18 heavy (non-hydrogen) atoms. The van der Waals surface area contributed by atoms with Crippen LogP contribution in [0.3, 0.4) is 0 Å². The van der Waals surface area contributed by atoms with Gasteiger partial charge in [0.1, 0.15) is 12.4 Å². The third-order valence-corrected chi connectivity index (χ3v) is 2.67. The molecular weight excluding hydrogens is 329 g/mol. The molecule has 1 aromatic carbocycles. The molecule has 0 atom stereocenters. The van der Waals surface area contributed by atoms with Crippen LogP contribution in [0.1, 0.15) is 0 Å². The highest BCUT2D eigenvalue weighted by molar-refractivity contribution is 9.10. The average molecular weight is 340 g/mol. The van der Waals surface area contributed by atoms with Crippen molar-refractivity contribution < 1.29 is 18.8 Å². The predicted molar refractivity (Wildman–Crippen MR) is 70.9 cm³/mol. The van der Waals surface area contributed by atoms with E-state index >= 15 is 0 Å². The molecule has 0 saturated carbocycles. The molecule has 0 bridgehead atoms. The molecule has 0 fully saturated rings. The zero-order valence-corrected chi connectivity index (χ0v) is 11.7. The van der Waals surface area contributed by atoms with Gasteiger partial charge < -0.3 is 9.47 Å². The standard InChI is InChI=1S/C10H11BrFNO4S/c11-8-5-7(12)6-9(13(14)15)10(8)17-2-1-16-3-4-18/h5-6,18H,1-4H2. The lowest BCUT2D eigenvalue weighted by Crippen LogP contribution is -2.09. The molecule has 5 nitrogen and oxygen atoms in total. The Morgan fingerprint density at radius 3 is 2.72 bits per heavy atom. The summed E-state index contributed by atoms with van der Waals surface area (Å²) in [6.07, 6.45) is 0. The number of halogens is 2. The Balaban J connectivity index is 2.71. The highest BCUT2D eigenvalue weighted by atomic mass is 79.9. The van der Waals surface area contributed by atoms with Crippen LogP contribution in [0.15, 0.2) is 16.6 Å². The predicted octanol–water partition coefficient (Wildman–Crippen LogP) is 2.82. The smallest absolute Gasteiger partial charge is 0.315 e. The molecule has 0 saturated heterocycles. The minimum Gasteiger partial charge on any atom is -0.484 e. The van der Waals surface area contributed by atoms with Crippen molar-refractivity contribution in [1.29, 1.82) is 0 Å². The van der Waals surface area contributed by atoms with Crippen LogP contribution < -0.4 is 4.74 Å². The second-order valence-corrected chi connectivity index (χ2v) is 4.48. The summed E-state index contributed by atoms with van der Waals surface area (Å²) in [6, 6.07) is 1.92. The van der Waals surface area contributed by atoms with E-state index in [0.29, 0.717) is 12.4 Å². The number of benzene rings is 1. The van der Waals surface area contributed by atoms with Crippen LogP contribution in [0.2, 0.25) is 0 Å². The molecule has 0 aliphatic carbocycles. The van der Waals surface area contributed by atoms with E-state index < -0.39 is 16.4 Å². The molecule has 0 heterocycles. The lowest BCUT2D eigenvalue weighted by atomic mass is 10.3. The lowest BCUT2D eigenvalue weighted by Gasteiger charge is -2.09. The first-order valence-electron chi connectivity index (χ1n) is 5.01. The Morgan fingerprint density at radius 2 is 2.11 bits per heavy atom. The van der Waals surface area contributed by atoms with Crippen LogP contribution in [-0.4, -0.2) is 30.5 Å². The molecule has 0 radical (unpaired) electrons. The number of nitro groups is 1. The zero-order chi connectivity index (χ0) is 13.5. The van der Waals surface area contributed by atoms with Crippen LogP contribution in [-0.2, 0) is 4.74 Å². The van der Waals surface area contributed by atoms with Crippen LogP contribution >= 0.6 is 28.6 Å². The van der Waals surface area contributed by atoms with E-state index in [1.807, 2.05) is 0 Å². The molecular formula is C10H11BrFNO4S. The highest BCUT2D eigenvalue weighted by Crippen LogP contribution is 2.35. The zero-order valence-electron chi connectivity index (χ0n) is 9.27. The Hall–Kier alpha value is -0.860. The molecule has 0 N–H and O–H groups in total. The minimum atomic E-state index is -0.702. The van der Waals surface area contributed by atoms with Gasteiger partial charge in [-0.1, -0.05) is 0 Å². The normalized spacial score (nSPS) is 10.4. The molecule has 0 aromatic heterocycles. The molecule has 0 spiro atoms. The maximum atomic E-state index is 13.0. The number of nitro benzene ring substituents is 1. The van der Waals surface area contributed by atoms with Crippen LogP contribution in [0.4, 0.5) is 10.1 Å². The third-order valence-electron chi connectivity index (χ3n) is 1.90. The lowest BCUT2D eigenvalue weighted by molar-refractivity contribution is -0.386. The first-order valence-corrected chi connectivity index (χ1v) is 6.43. The quantitative estimate of drug-likeness (QED) is 0.359. The third kappa shape index (κ3) is 4.43. The first-order chi connectivity index (χ1) is 8.56. The fraction of sp³-hybridized carbons (Fsp3) is 0.400. The van der Waals surface area contributed by atoms with E-state index in [-0.39, 0.29) is 23.4 Å². The van der Waals surface area contributed by atoms with Crippen molar-refractivity contribution >= 4 is 34.2 Å².